The van der Waals surface area contributed by atoms with Crippen LogP contribution in [0.4, 0.5) is 5.69 Å². The van der Waals surface area contributed by atoms with Crippen LogP contribution in [0.5, 0.6) is 0 Å². The number of rotatable bonds is 4. The highest BCUT2D eigenvalue weighted by Gasteiger charge is 2.42. The quantitative estimate of drug-likeness (QED) is 0.272. The van der Waals surface area contributed by atoms with Crippen LogP contribution in [-0.2, 0) is 0 Å². The van der Waals surface area contributed by atoms with E-state index in [0.29, 0.717) is 5.11 Å². The van der Waals surface area contributed by atoms with Crippen molar-refractivity contribution in [3.63, 3.8) is 0 Å². The maximum absolute atomic E-state index is 5.91. The van der Waals surface area contributed by atoms with Gasteiger partial charge in [-0.05, 0) is 106 Å². The van der Waals surface area contributed by atoms with Gasteiger partial charge in [-0.2, -0.15) is 0 Å². The lowest BCUT2D eigenvalue weighted by atomic mass is 9.96. The van der Waals surface area contributed by atoms with Crippen molar-refractivity contribution in [3.8, 4) is 5.69 Å². The highest BCUT2D eigenvalue weighted by molar-refractivity contribution is 9.10. The van der Waals surface area contributed by atoms with Crippen molar-refractivity contribution in [2.75, 3.05) is 4.90 Å². The van der Waals surface area contributed by atoms with Gasteiger partial charge >= 0.3 is 0 Å². The van der Waals surface area contributed by atoms with Gasteiger partial charge in [0.1, 0.15) is 0 Å². The topological polar surface area (TPSA) is 33.1 Å². The highest BCUT2D eigenvalue weighted by Crippen LogP contribution is 2.44. The minimum absolute atomic E-state index is 0.0374. The molecule has 0 amide bonds. The van der Waals surface area contributed by atoms with Crippen molar-refractivity contribution in [1.82, 2.24) is 14.9 Å². The first kappa shape index (κ1) is 23.8. The first-order valence-corrected chi connectivity index (χ1v) is 13.0. The fourth-order valence-corrected chi connectivity index (χ4v) is 6.12. The maximum Gasteiger partial charge on any atom is 0.174 e. The fraction of sp³-hybridized carbons (Fsp3) is 0.241. The molecule has 1 aliphatic rings. The minimum Gasteiger partial charge on any atom is -0.351 e. The maximum atomic E-state index is 5.91. The van der Waals surface area contributed by atoms with E-state index in [1.54, 1.807) is 0 Å². The Hall–Kier alpha value is -2.96. The van der Waals surface area contributed by atoms with Crippen molar-refractivity contribution in [2.45, 2.75) is 46.7 Å². The molecule has 0 bridgehead atoms. The molecule has 2 aromatic carbocycles. The molecule has 1 aliphatic heterocycles. The van der Waals surface area contributed by atoms with Gasteiger partial charge in [0.25, 0.3) is 0 Å². The summed E-state index contributed by atoms with van der Waals surface area (Å²) in [6.45, 7) is 11.0. The van der Waals surface area contributed by atoms with Gasteiger partial charge in [-0.25, -0.2) is 0 Å². The predicted molar refractivity (Wildman–Crippen MR) is 152 cm³/mol. The molecule has 178 valence electrons. The summed E-state index contributed by atoms with van der Waals surface area (Å²) in [6.07, 6.45) is 1.85. The standard InChI is InChI=1S/C29H29BrN4S/c1-17-14-18(2)27(19(3)15-17)33-20(4)16-24(21(33)5)28-26(25-8-6-7-13-31-25)32-29(35)34(28)23-11-9-22(30)10-12-23/h6-16,26,28H,1-5H3,(H,32,35)/t26-,28+/m1/s1. The van der Waals surface area contributed by atoms with Gasteiger partial charge in [0.05, 0.1) is 23.5 Å². The molecule has 1 N–H and O–H groups in total. The van der Waals surface area contributed by atoms with Crippen molar-refractivity contribution >= 4 is 38.9 Å². The Labute approximate surface area is 221 Å². The number of hydrogen-bond donors (Lipinski definition) is 1. The van der Waals surface area contributed by atoms with Crippen LogP contribution < -0.4 is 10.2 Å². The highest BCUT2D eigenvalue weighted by atomic mass is 79.9. The number of benzene rings is 2. The molecule has 0 unspecified atom stereocenters. The Balaban J connectivity index is 1.71. The van der Waals surface area contributed by atoms with Crippen LogP contribution in [0.2, 0.25) is 0 Å². The average molecular weight is 546 g/mol. The molecule has 4 nitrogen and oxygen atoms in total. The number of aromatic nitrogens is 2. The van der Waals surface area contributed by atoms with E-state index in [4.69, 9.17) is 17.2 Å². The minimum atomic E-state index is -0.0680. The number of aryl methyl sites for hydroxylation is 4. The molecule has 2 aromatic heterocycles. The fourth-order valence-electron chi connectivity index (χ4n) is 5.51. The molecule has 0 radical (unpaired) electrons. The van der Waals surface area contributed by atoms with E-state index in [2.05, 4.69) is 114 Å². The zero-order valence-corrected chi connectivity index (χ0v) is 23.0. The van der Waals surface area contributed by atoms with Crippen LogP contribution in [0.1, 0.15) is 51.4 Å². The summed E-state index contributed by atoms with van der Waals surface area (Å²) >= 11 is 9.48. The Morgan fingerprint density at radius 2 is 1.60 bits per heavy atom. The first-order valence-electron chi connectivity index (χ1n) is 11.8. The van der Waals surface area contributed by atoms with Gasteiger partial charge in [-0.1, -0.05) is 39.7 Å². The predicted octanol–water partition coefficient (Wildman–Crippen LogP) is 7.35. The molecule has 3 heterocycles. The zero-order chi connectivity index (χ0) is 24.9. The van der Waals surface area contributed by atoms with Crippen LogP contribution in [-0.4, -0.2) is 14.7 Å². The van der Waals surface area contributed by atoms with E-state index in [1.165, 1.54) is 39.3 Å². The van der Waals surface area contributed by atoms with E-state index in [-0.39, 0.29) is 12.1 Å². The lowest BCUT2D eigenvalue weighted by molar-refractivity contribution is 0.565. The smallest absolute Gasteiger partial charge is 0.174 e. The molecule has 2 atom stereocenters. The summed E-state index contributed by atoms with van der Waals surface area (Å²) in [6, 6.07) is 21.1. The molecular formula is C29H29BrN4S. The van der Waals surface area contributed by atoms with Crippen LogP contribution in [0.25, 0.3) is 5.69 Å². The number of pyridine rings is 1. The van der Waals surface area contributed by atoms with Gasteiger partial charge in [-0.3, -0.25) is 4.98 Å². The summed E-state index contributed by atoms with van der Waals surface area (Å²) in [4.78, 5) is 6.94. The number of hydrogen-bond acceptors (Lipinski definition) is 2. The van der Waals surface area contributed by atoms with Crippen LogP contribution >= 0.6 is 28.1 Å². The number of nitrogens with zero attached hydrogens (tertiary/aromatic N) is 3. The average Bonchev–Trinajstić information content (AvgIpc) is 3.30. The number of nitrogens with one attached hydrogen (secondary N) is 1. The van der Waals surface area contributed by atoms with Crippen LogP contribution in [0.3, 0.4) is 0 Å². The van der Waals surface area contributed by atoms with E-state index < -0.39 is 0 Å². The Kier molecular flexibility index (Phi) is 6.28. The van der Waals surface area contributed by atoms with Gasteiger partial charge in [0.15, 0.2) is 5.11 Å². The lowest BCUT2D eigenvalue weighted by Gasteiger charge is -2.28. The molecule has 1 fully saturated rings. The molecule has 4 aromatic rings. The summed E-state index contributed by atoms with van der Waals surface area (Å²) in [5.41, 5.74) is 10.8. The number of halogens is 1. The zero-order valence-electron chi connectivity index (χ0n) is 20.6. The third-order valence-corrected chi connectivity index (χ3v) is 7.69. The Bertz CT molecular complexity index is 1390. The van der Waals surface area contributed by atoms with Crippen molar-refractivity contribution in [2.24, 2.45) is 0 Å². The number of anilines is 1. The van der Waals surface area contributed by atoms with Crippen LogP contribution in [0, 0.1) is 34.6 Å². The monoisotopic (exact) mass is 544 g/mol. The Morgan fingerprint density at radius 3 is 2.23 bits per heavy atom. The van der Waals surface area contributed by atoms with Crippen molar-refractivity contribution < 1.29 is 0 Å². The van der Waals surface area contributed by atoms with Crippen molar-refractivity contribution in [1.29, 1.82) is 0 Å². The number of thiocarbonyl (C=S) groups is 1. The SMILES string of the molecule is Cc1cc(C)c(-n2c(C)cc([C@H]3[C@@H](c4ccccn4)NC(=S)N3c3ccc(Br)cc3)c2C)c(C)c1. The Morgan fingerprint density at radius 1 is 0.914 bits per heavy atom. The molecule has 1 saturated heterocycles. The van der Waals surface area contributed by atoms with Gasteiger partial charge < -0.3 is 14.8 Å². The molecule has 0 spiro atoms. The second kappa shape index (κ2) is 9.25. The summed E-state index contributed by atoms with van der Waals surface area (Å²) in [5, 5.41) is 4.29. The third-order valence-electron chi connectivity index (χ3n) is 6.85. The lowest BCUT2D eigenvalue weighted by Crippen LogP contribution is -2.29. The molecule has 0 aliphatic carbocycles. The van der Waals surface area contributed by atoms with E-state index in [9.17, 15) is 0 Å². The third kappa shape index (κ3) is 4.19. The van der Waals surface area contributed by atoms with Gasteiger partial charge in [0.2, 0.25) is 0 Å². The second-order valence-electron chi connectivity index (χ2n) is 9.38. The largest absolute Gasteiger partial charge is 0.351 e. The van der Waals surface area contributed by atoms with Crippen LogP contribution in [0.15, 0.2) is 71.3 Å². The molecule has 6 heteroatoms. The summed E-state index contributed by atoms with van der Waals surface area (Å²) in [5.74, 6) is 0. The summed E-state index contributed by atoms with van der Waals surface area (Å²) in [7, 11) is 0. The molecule has 5 rings (SSSR count). The van der Waals surface area contributed by atoms with E-state index in [0.717, 1.165) is 15.9 Å². The van der Waals surface area contributed by atoms with Crippen molar-refractivity contribution in [3.05, 3.63) is 111 Å². The molecular weight excluding hydrogens is 516 g/mol. The van der Waals surface area contributed by atoms with Gasteiger partial charge in [-0.15, -0.1) is 0 Å². The van der Waals surface area contributed by atoms with Gasteiger partial charge in [0, 0.05) is 27.7 Å². The first-order chi connectivity index (χ1) is 16.8. The summed E-state index contributed by atoms with van der Waals surface area (Å²) < 4.78 is 3.44. The molecule has 0 saturated carbocycles. The van der Waals surface area contributed by atoms with E-state index >= 15 is 0 Å². The second-order valence-corrected chi connectivity index (χ2v) is 10.7. The normalized spacial score (nSPS) is 17.7. The molecule has 35 heavy (non-hydrogen) atoms. The van der Waals surface area contributed by atoms with E-state index in [1.807, 2.05) is 18.3 Å².